The molecule has 1 spiro atoms. The summed E-state index contributed by atoms with van der Waals surface area (Å²) >= 11 is 7.62. The van der Waals surface area contributed by atoms with Crippen LogP contribution in [0.3, 0.4) is 0 Å². The Kier molecular flexibility index (Phi) is 6.92. The zero-order valence-electron chi connectivity index (χ0n) is 20.4. The van der Waals surface area contributed by atoms with Crippen molar-refractivity contribution in [2.24, 2.45) is 5.41 Å². The fourth-order valence-electron chi connectivity index (χ4n) is 5.28. The molecule has 6 nitrogen and oxygen atoms in total. The molecule has 2 fully saturated rings. The SMILES string of the molecule is COC(=O)c1cc(Cl)ccc1NCC1CC2(CCN1C(=O)c1nc(C)sc1C1C=CC(F)=CC1)CC2. The summed E-state index contributed by atoms with van der Waals surface area (Å²) in [5.74, 6) is -0.846. The third-order valence-corrected chi connectivity index (χ3v) is 8.82. The number of methoxy groups -OCH3 is 1. The average molecular weight is 530 g/mol. The Morgan fingerprint density at radius 3 is 2.83 bits per heavy atom. The number of piperidine rings is 1. The molecule has 36 heavy (non-hydrogen) atoms. The number of benzene rings is 1. The summed E-state index contributed by atoms with van der Waals surface area (Å²) in [5, 5.41) is 4.66. The number of allylic oxidation sites excluding steroid dienone is 4. The number of aryl methyl sites for hydroxylation is 1. The van der Waals surface area contributed by atoms with Gasteiger partial charge < -0.3 is 15.0 Å². The fraction of sp³-hybridized carbons (Fsp3) is 0.444. The molecule has 1 aromatic carbocycles. The van der Waals surface area contributed by atoms with Gasteiger partial charge in [-0.15, -0.1) is 11.3 Å². The Bertz CT molecular complexity index is 1250. The van der Waals surface area contributed by atoms with Crippen molar-refractivity contribution in [3.63, 3.8) is 0 Å². The number of hydrogen-bond donors (Lipinski definition) is 1. The van der Waals surface area contributed by atoms with Gasteiger partial charge in [-0.2, -0.15) is 0 Å². The van der Waals surface area contributed by atoms with E-state index in [2.05, 4.69) is 10.3 Å². The van der Waals surface area contributed by atoms with Crippen LogP contribution in [-0.4, -0.2) is 48.0 Å². The van der Waals surface area contributed by atoms with Crippen molar-refractivity contribution < 1.29 is 18.7 Å². The third kappa shape index (κ3) is 5.06. The quantitative estimate of drug-likeness (QED) is 0.445. The summed E-state index contributed by atoms with van der Waals surface area (Å²) < 4.78 is 18.5. The molecule has 2 aromatic rings. The molecule has 2 atom stereocenters. The number of carbonyl (C=O) groups excluding carboxylic acids is 2. The van der Waals surface area contributed by atoms with Gasteiger partial charge in [-0.1, -0.05) is 17.7 Å². The summed E-state index contributed by atoms with van der Waals surface area (Å²) in [6.45, 7) is 3.06. The van der Waals surface area contributed by atoms with E-state index >= 15 is 0 Å². The summed E-state index contributed by atoms with van der Waals surface area (Å²) in [6.07, 6.45) is 9.63. The van der Waals surface area contributed by atoms with E-state index in [-0.39, 0.29) is 23.7 Å². The lowest BCUT2D eigenvalue weighted by Gasteiger charge is -2.40. The number of thiazole rings is 1. The molecule has 2 heterocycles. The van der Waals surface area contributed by atoms with E-state index in [9.17, 15) is 14.0 Å². The maximum absolute atomic E-state index is 13.9. The fourth-order valence-corrected chi connectivity index (χ4v) is 6.47. The normalized spacial score (nSPS) is 22.3. The van der Waals surface area contributed by atoms with Crippen LogP contribution in [0.1, 0.15) is 68.8 Å². The second-order valence-corrected chi connectivity index (χ2v) is 11.6. The lowest BCUT2D eigenvalue weighted by atomic mass is 9.87. The highest BCUT2D eigenvalue weighted by Crippen LogP contribution is 2.55. The van der Waals surface area contributed by atoms with Crippen LogP contribution in [0.4, 0.5) is 10.1 Å². The minimum absolute atomic E-state index is 0.0518. The maximum atomic E-state index is 13.9. The smallest absolute Gasteiger partial charge is 0.340 e. The van der Waals surface area contributed by atoms with Crippen LogP contribution in [0, 0.1) is 12.3 Å². The van der Waals surface area contributed by atoms with Crippen molar-refractivity contribution >= 4 is 40.5 Å². The standard InChI is InChI=1S/C27H29ClFN3O3S/c1-16-31-23(24(36-16)17-3-6-19(29)7-4-17)25(33)32-12-11-27(9-10-27)14-20(32)15-30-22-8-5-18(28)13-21(22)26(34)35-2/h3,5-8,13,17,20,30H,4,9-12,14-15H2,1-2H3. The molecule has 1 amide bonds. The van der Waals surface area contributed by atoms with E-state index in [1.165, 1.54) is 37.4 Å². The minimum atomic E-state index is -0.469. The van der Waals surface area contributed by atoms with Crippen molar-refractivity contribution in [2.45, 2.75) is 51.0 Å². The first-order chi connectivity index (χ1) is 17.3. The Labute approximate surface area is 219 Å². The summed E-state index contributed by atoms with van der Waals surface area (Å²) in [5.41, 5.74) is 1.77. The van der Waals surface area contributed by atoms with Gasteiger partial charge in [0.1, 0.15) is 11.5 Å². The molecule has 190 valence electrons. The Hall–Kier alpha value is -2.71. The monoisotopic (exact) mass is 529 g/mol. The van der Waals surface area contributed by atoms with E-state index in [4.69, 9.17) is 16.3 Å². The number of ether oxygens (including phenoxy) is 1. The zero-order valence-corrected chi connectivity index (χ0v) is 21.9. The number of halogens is 2. The van der Waals surface area contributed by atoms with Gasteiger partial charge in [0.25, 0.3) is 5.91 Å². The van der Waals surface area contributed by atoms with Crippen LogP contribution in [0.15, 0.2) is 42.3 Å². The van der Waals surface area contributed by atoms with Crippen LogP contribution in [-0.2, 0) is 4.74 Å². The summed E-state index contributed by atoms with van der Waals surface area (Å²) in [6, 6.07) is 5.02. The van der Waals surface area contributed by atoms with Crippen molar-refractivity contribution in [1.82, 2.24) is 9.88 Å². The molecule has 1 aliphatic heterocycles. The van der Waals surface area contributed by atoms with E-state index < -0.39 is 5.97 Å². The Morgan fingerprint density at radius 2 is 2.14 bits per heavy atom. The Morgan fingerprint density at radius 1 is 1.33 bits per heavy atom. The Balaban J connectivity index is 1.38. The van der Waals surface area contributed by atoms with Gasteiger partial charge in [-0.05, 0) is 74.8 Å². The molecule has 0 bridgehead atoms. The molecule has 1 N–H and O–H groups in total. The second kappa shape index (κ2) is 9.98. The van der Waals surface area contributed by atoms with Crippen LogP contribution in [0.2, 0.25) is 5.02 Å². The maximum Gasteiger partial charge on any atom is 0.340 e. The summed E-state index contributed by atoms with van der Waals surface area (Å²) in [4.78, 5) is 33.6. The second-order valence-electron chi connectivity index (χ2n) is 9.90. The van der Waals surface area contributed by atoms with Crippen molar-refractivity contribution in [1.29, 1.82) is 0 Å². The van der Waals surface area contributed by atoms with Crippen LogP contribution >= 0.6 is 22.9 Å². The third-order valence-electron chi connectivity index (χ3n) is 7.48. The highest BCUT2D eigenvalue weighted by Gasteiger charge is 2.49. The molecule has 3 aliphatic rings. The lowest BCUT2D eigenvalue weighted by molar-refractivity contribution is 0.0536. The van der Waals surface area contributed by atoms with E-state index in [1.54, 1.807) is 24.3 Å². The van der Waals surface area contributed by atoms with Crippen molar-refractivity contribution in [2.75, 3.05) is 25.5 Å². The number of nitrogens with one attached hydrogen (secondary N) is 1. The predicted octanol–water partition coefficient (Wildman–Crippen LogP) is 6.29. The van der Waals surface area contributed by atoms with E-state index in [0.717, 1.165) is 22.7 Å². The first kappa shape index (κ1) is 25.0. The zero-order chi connectivity index (χ0) is 25.4. The van der Waals surface area contributed by atoms with Gasteiger partial charge in [-0.3, -0.25) is 4.79 Å². The molecule has 9 heteroatoms. The van der Waals surface area contributed by atoms with Gasteiger partial charge in [0.2, 0.25) is 0 Å². The summed E-state index contributed by atoms with van der Waals surface area (Å²) in [7, 11) is 1.34. The molecule has 1 saturated carbocycles. The van der Waals surface area contributed by atoms with Gasteiger partial charge in [-0.25, -0.2) is 14.2 Å². The van der Waals surface area contributed by atoms with Gasteiger partial charge in [0.15, 0.2) is 0 Å². The number of rotatable bonds is 6. The van der Waals surface area contributed by atoms with Crippen LogP contribution < -0.4 is 5.32 Å². The highest BCUT2D eigenvalue weighted by atomic mass is 35.5. The molecular weight excluding hydrogens is 501 g/mol. The van der Waals surface area contributed by atoms with Gasteiger partial charge in [0, 0.05) is 40.6 Å². The number of carbonyl (C=O) groups is 2. The number of aromatic nitrogens is 1. The van der Waals surface area contributed by atoms with Gasteiger partial charge >= 0.3 is 5.97 Å². The highest BCUT2D eigenvalue weighted by molar-refractivity contribution is 7.12. The number of hydrogen-bond acceptors (Lipinski definition) is 6. The number of amides is 1. The number of nitrogens with zero attached hydrogens (tertiary/aromatic N) is 2. The number of likely N-dealkylation sites (tertiary alicyclic amines) is 1. The van der Waals surface area contributed by atoms with Crippen molar-refractivity contribution in [3.05, 3.63) is 68.4 Å². The van der Waals surface area contributed by atoms with Crippen LogP contribution in [0.5, 0.6) is 0 Å². The molecule has 1 aromatic heterocycles. The topological polar surface area (TPSA) is 71.5 Å². The predicted molar refractivity (Wildman–Crippen MR) is 140 cm³/mol. The number of esters is 1. The van der Waals surface area contributed by atoms with Crippen molar-refractivity contribution in [3.8, 4) is 0 Å². The van der Waals surface area contributed by atoms with E-state index in [1.807, 2.05) is 17.9 Å². The largest absolute Gasteiger partial charge is 0.465 e. The molecule has 2 aliphatic carbocycles. The van der Waals surface area contributed by atoms with E-state index in [0.29, 0.717) is 46.9 Å². The molecule has 0 radical (unpaired) electrons. The first-order valence-corrected chi connectivity index (χ1v) is 13.4. The van der Waals surface area contributed by atoms with Crippen LogP contribution in [0.25, 0.3) is 0 Å². The average Bonchev–Trinajstić information content (AvgIpc) is 3.51. The number of anilines is 1. The first-order valence-electron chi connectivity index (χ1n) is 12.2. The molecule has 2 unspecified atom stereocenters. The molecule has 5 rings (SSSR count). The molecular formula is C27H29ClFN3O3S. The molecule has 1 saturated heterocycles. The minimum Gasteiger partial charge on any atom is -0.465 e. The van der Waals surface area contributed by atoms with Gasteiger partial charge in [0.05, 0.1) is 17.7 Å². The lowest BCUT2D eigenvalue weighted by Crippen LogP contribution is -2.50.